The lowest BCUT2D eigenvalue weighted by atomic mass is 10.1. The van der Waals surface area contributed by atoms with Gasteiger partial charge in [0.05, 0.1) is 13.2 Å². The fraction of sp³-hybridized carbons (Fsp3) is 0.889. The predicted molar refractivity (Wildman–Crippen MR) is 89.4 cm³/mol. The molecule has 2 atom stereocenters. The van der Waals surface area contributed by atoms with Crippen molar-refractivity contribution in [2.75, 3.05) is 39.5 Å². The van der Waals surface area contributed by atoms with Crippen molar-refractivity contribution in [1.29, 1.82) is 0 Å². The van der Waals surface area contributed by atoms with Crippen molar-refractivity contribution in [2.45, 2.75) is 51.6 Å². The maximum absolute atomic E-state index is 12.4. The molecular formula is C18H30N2O4. The molecule has 0 unspecified atom stereocenters. The van der Waals surface area contributed by atoms with E-state index in [1.54, 1.807) is 0 Å². The van der Waals surface area contributed by atoms with E-state index in [2.05, 4.69) is 0 Å². The fourth-order valence-electron chi connectivity index (χ4n) is 3.18. The van der Waals surface area contributed by atoms with E-state index >= 15 is 0 Å². The number of carbonyl (C=O) groups is 2. The molecule has 3 aliphatic rings. The first-order chi connectivity index (χ1) is 11.5. The maximum Gasteiger partial charge on any atom is 0.248 e. The lowest BCUT2D eigenvalue weighted by Gasteiger charge is -2.44. The van der Waals surface area contributed by atoms with Gasteiger partial charge in [-0.2, -0.15) is 0 Å². The number of piperazine rings is 1. The average molecular weight is 338 g/mol. The Labute approximate surface area is 144 Å². The van der Waals surface area contributed by atoms with Crippen LogP contribution < -0.4 is 0 Å². The lowest BCUT2D eigenvalue weighted by Crippen LogP contribution is -2.60. The molecule has 24 heavy (non-hydrogen) atoms. The molecule has 6 heteroatoms. The van der Waals surface area contributed by atoms with Gasteiger partial charge in [0.1, 0.15) is 13.2 Å². The van der Waals surface area contributed by atoms with E-state index in [0.717, 1.165) is 0 Å². The van der Waals surface area contributed by atoms with Gasteiger partial charge >= 0.3 is 0 Å². The first-order valence-corrected chi connectivity index (χ1v) is 9.29. The molecule has 0 spiro atoms. The van der Waals surface area contributed by atoms with Crippen LogP contribution in [0.4, 0.5) is 0 Å². The van der Waals surface area contributed by atoms with Gasteiger partial charge in [-0.25, -0.2) is 0 Å². The number of rotatable bonds is 8. The van der Waals surface area contributed by atoms with Gasteiger partial charge in [-0.05, 0) is 51.4 Å². The van der Waals surface area contributed by atoms with Crippen molar-refractivity contribution < 1.29 is 19.1 Å². The molecule has 136 valence electrons. The molecule has 2 saturated carbocycles. The summed E-state index contributed by atoms with van der Waals surface area (Å²) >= 11 is 0. The summed E-state index contributed by atoms with van der Waals surface area (Å²) < 4.78 is 11.0. The topological polar surface area (TPSA) is 59.1 Å². The Balaban J connectivity index is 1.41. The molecule has 2 aliphatic carbocycles. The summed E-state index contributed by atoms with van der Waals surface area (Å²) in [6.45, 7) is 6.85. The Morgan fingerprint density at radius 2 is 1.17 bits per heavy atom. The highest BCUT2D eigenvalue weighted by molar-refractivity contribution is 5.80. The number of hydrogen-bond acceptors (Lipinski definition) is 4. The highest BCUT2D eigenvalue weighted by atomic mass is 16.5. The van der Waals surface area contributed by atoms with E-state index in [-0.39, 0.29) is 37.1 Å². The largest absolute Gasteiger partial charge is 0.371 e. The van der Waals surface area contributed by atoms with Crippen molar-refractivity contribution in [3.63, 3.8) is 0 Å². The van der Waals surface area contributed by atoms with Gasteiger partial charge in [-0.1, -0.05) is 0 Å². The molecule has 0 bridgehead atoms. The van der Waals surface area contributed by atoms with Crippen LogP contribution in [0.15, 0.2) is 0 Å². The van der Waals surface area contributed by atoms with Gasteiger partial charge in [0, 0.05) is 25.2 Å². The number of nitrogens with zero attached hydrogens (tertiary/aromatic N) is 2. The molecule has 1 heterocycles. The fourth-order valence-corrected chi connectivity index (χ4v) is 3.18. The molecule has 0 aromatic carbocycles. The second kappa shape index (κ2) is 7.83. The average Bonchev–Trinajstić information content (AvgIpc) is 3.43. The van der Waals surface area contributed by atoms with Crippen molar-refractivity contribution in [2.24, 2.45) is 11.8 Å². The van der Waals surface area contributed by atoms with E-state index in [0.29, 0.717) is 38.1 Å². The van der Waals surface area contributed by atoms with E-state index in [9.17, 15) is 9.59 Å². The predicted octanol–water partition coefficient (Wildman–Crippen LogP) is 1.29. The van der Waals surface area contributed by atoms with Gasteiger partial charge in [-0.15, -0.1) is 0 Å². The summed E-state index contributed by atoms with van der Waals surface area (Å²) in [4.78, 5) is 28.4. The van der Waals surface area contributed by atoms with Gasteiger partial charge < -0.3 is 19.3 Å². The Morgan fingerprint density at radius 3 is 1.50 bits per heavy atom. The zero-order valence-corrected chi connectivity index (χ0v) is 14.9. The molecule has 0 N–H and O–H groups in total. The normalized spacial score (nSPS) is 27.4. The first-order valence-electron chi connectivity index (χ1n) is 9.29. The van der Waals surface area contributed by atoms with Crippen molar-refractivity contribution in [3.05, 3.63) is 0 Å². The Hall–Kier alpha value is -1.14. The standard InChI is InChI=1S/C18H30N2O4/c1-13-7-20(18(22)12-24-10-16-5-6-16)14(2)8-19(13)17(21)11-23-9-15-3-4-15/h13-16H,3-12H2,1-2H3/t13-,14-/m0/s1. The van der Waals surface area contributed by atoms with E-state index in [4.69, 9.17) is 9.47 Å². The van der Waals surface area contributed by atoms with E-state index in [1.165, 1.54) is 25.7 Å². The molecule has 1 aliphatic heterocycles. The van der Waals surface area contributed by atoms with Crippen LogP contribution in [0.25, 0.3) is 0 Å². The Morgan fingerprint density at radius 1 is 0.792 bits per heavy atom. The quantitative estimate of drug-likeness (QED) is 0.669. The highest BCUT2D eigenvalue weighted by Gasteiger charge is 2.34. The van der Waals surface area contributed by atoms with E-state index < -0.39 is 0 Å². The van der Waals surface area contributed by atoms with Crippen LogP contribution in [-0.2, 0) is 19.1 Å². The van der Waals surface area contributed by atoms with Crippen LogP contribution in [0.2, 0.25) is 0 Å². The number of ether oxygens (including phenoxy) is 2. The summed E-state index contributed by atoms with van der Waals surface area (Å²) in [5.41, 5.74) is 0. The summed E-state index contributed by atoms with van der Waals surface area (Å²) in [7, 11) is 0. The minimum atomic E-state index is 0.0191. The summed E-state index contributed by atoms with van der Waals surface area (Å²) in [5.74, 6) is 1.40. The smallest absolute Gasteiger partial charge is 0.248 e. The minimum Gasteiger partial charge on any atom is -0.371 e. The lowest BCUT2D eigenvalue weighted by molar-refractivity contribution is -0.151. The molecular weight excluding hydrogens is 308 g/mol. The number of amides is 2. The summed E-state index contributed by atoms with van der Waals surface area (Å²) in [5, 5.41) is 0. The van der Waals surface area contributed by atoms with Crippen LogP contribution in [-0.4, -0.2) is 73.2 Å². The van der Waals surface area contributed by atoms with Crippen LogP contribution in [0, 0.1) is 11.8 Å². The number of carbonyl (C=O) groups excluding carboxylic acids is 2. The molecule has 3 fully saturated rings. The second-order valence-electron chi connectivity index (χ2n) is 7.71. The van der Waals surface area contributed by atoms with Crippen LogP contribution >= 0.6 is 0 Å². The van der Waals surface area contributed by atoms with Gasteiger partial charge in [0.15, 0.2) is 0 Å². The third-order valence-corrected chi connectivity index (χ3v) is 5.18. The molecule has 3 rings (SSSR count). The van der Waals surface area contributed by atoms with Crippen molar-refractivity contribution in [1.82, 2.24) is 9.80 Å². The van der Waals surface area contributed by atoms with Gasteiger partial charge in [-0.3, -0.25) is 9.59 Å². The minimum absolute atomic E-state index is 0.0191. The SMILES string of the molecule is C[C@H]1CN(C(=O)COCC2CC2)[C@@H](C)CN1C(=O)COCC1CC1. The third-order valence-electron chi connectivity index (χ3n) is 5.18. The Kier molecular flexibility index (Phi) is 5.76. The zero-order valence-electron chi connectivity index (χ0n) is 14.9. The number of hydrogen-bond donors (Lipinski definition) is 0. The van der Waals surface area contributed by atoms with Crippen LogP contribution in [0.3, 0.4) is 0 Å². The van der Waals surface area contributed by atoms with Crippen LogP contribution in [0.5, 0.6) is 0 Å². The molecule has 0 radical (unpaired) electrons. The van der Waals surface area contributed by atoms with E-state index in [1.807, 2.05) is 23.6 Å². The molecule has 0 aromatic rings. The highest BCUT2D eigenvalue weighted by Crippen LogP contribution is 2.29. The molecule has 6 nitrogen and oxygen atoms in total. The summed E-state index contributed by atoms with van der Waals surface area (Å²) in [6, 6.07) is 0.0382. The summed E-state index contributed by atoms with van der Waals surface area (Å²) in [6.07, 6.45) is 4.91. The monoisotopic (exact) mass is 338 g/mol. The molecule has 2 amide bonds. The second-order valence-corrected chi connectivity index (χ2v) is 7.71. The third kappa shape index (κ3) is 4.93. The molecule has 1 saturated heterocycles. The first kappa shape index (κ1) is 17.7. The van der Waals surface area contributed by atoms with Crippen molar-refractivity contribution >= 4 is 11.8 Å². The van der Waals surface area contributed by atoms with Gasteiger partial charge in [0.2, 0.25) is 11.8 Å². The zero-order chi connectivity index (χ0) is 17.1. The van der Waals surface area contributed by atoms with Gasteiger partial charge in [0.25, 0.3) is 0 Å². The Bertz CT molecular complexity index is 420. The maximum atomic E-state index is 12.4. The molecule has 0 aromatic heterocycles. The van der Waals surface area contributed by atoms with Crippen molar-refractivity contribution in [3.8, 4) is 0 Å². The van der Waals surface area contributed by atoms with Crippen LogP contribution in [0.1, 0.15) is 39.5 Å².